The molecule has 1 rings (SSSR count). The Hall–Kier alpha value is -2.44. The first-order valence-corrected chi connectivity index (χ1v) is 5.41. The topological polar surface area (TPSA) is 94.1 Å². The van der Waals surface area contributed by atoms with Crippen LogP contribution in [-0.2, 0) is 4.79 Å². The van der Waals surface area contributed by atoms with Gasteiger partial charge in [-0.25, -0.2) is 4.79 Å². The van der Waals surface area contributed by atoms with E-state index in [1.165, 1.54) is 21.1 Å². The Morgan fingerprint density at radius 3 is 2.16 bits per heavy atom. The van der Waals surface area contributed by atoms with Crippen molar-refractivity contribution < 1.29 is 28.9 Å². The monoisotopic (exact) mass is 269 g/mol. The Morgan fingerprint density at radius 2 is 1.74 bits per heavy atom. The summed E-state index contributed by atoms with van der Waals surface area (Å²) in [7, 11) is 2.83. The highest BCUT2D eigenvalue weighted by atomic mass is 16.6. The Bertz CT molecular complexity index is 451. The molecule has 1 atom stereocenters. The van der Waals surface area contributed by atoms with Crippen molar-refractivity contribution in [2.24, 2.45) is 0 Å². The average Bonchev–Trinajstić information content (AvgIpc) is 2.38. The summed E-state index contributed by atoms with van der Waals surface area (Å²) in [6.45, 7) is 1.32. The van der Waals surface area contributed by atoms with Gasteiger partial charge in [0.05, 0.1) is 14.2 Å². The molecular weight excluding hydrogens is 254 g/mol. The van der Waals surface area contributed by atoms with E-state index in [1.807, 2.05) is 0 Å². The van der Waals surface area contributed by atoms with Crippen LogP contribution in [-0.4, -0.2) is 37.4 Å². The van der Waals surface area contributed by atoms with Gasteiger partial charge in [0.2, 0.25) is 5.75 Å². The lowest BCUT2D eigenvalue weighted by atomic mass is 10.3. The molecule has 0 saturated heterocycles. The highest BCUT2D eigenvalue weighted by molar-refractivity contribution is 5.81. The Balaban J connectivity index is 2.86. The van der Waals surface area contributed by atoms with Gasteiger partial charge >= 0.3 is 12.1 Å². The zero-order valence-electron chi connectivity index (χ0n) is 10.8. The Labute approximate surface area is 110 Å². The third-order valence-corrected chi connectivity index (χ3v) is 2.28. The SMILES string of the molecule is COc1cccc(OC)c1OC(=O)NC(C)C(=O)O. The van der Waals surface area contributed by atoms with Crippen LogP contribution in [0.3, 0.4) is 0 Å². The molecule has 7 heteroatoms. The van der Waals surface area contributed by atoms with E-state index in [0.29, 0.717) is 11.5 Å². The quantitative estimate of drug-likeness (QED) is 0.835. The maximum Gasteiger partial charge on any atom is 0.413 e. The minimum absolute atomic E-state index is 0.0857. The summed E-state index contributed by atoms with van der Waals surface area (Å²) in [4.78, 5) is 22.2. The van der Waals surface area contributed by atoms with E-state index in [1.54, 1.807) is 18.2 Å². The normalized spacial score (nSPS) is 11.3. The van der Waals surface area contributed by atoms with Crippen molar-refractivity contribution in [2.45, 2.75) is 13.0 Å². The van der Waals surface area contributed by atoms with Crippen LogP contribution >= 0.6 is 0 Å². The first-order chi connectivity index (χ1) is 8.99. The van der Waals surface area contributed by atoms with Gasteiger partial charge in [-0.3, -0.25) is 4.79 Å². The number of methoxy groups -OCH3 is 2. The van der Waals surface area contributed by atoms with Gasteiger partial charge in [-0.1, -0.05) is 6.07 Å². The van der Waals surface area contributed by atoms with Crippen LogP contribution in [0.1, 0.15) is 6.92 Å². The number of amides is 1. The predicted octanol–water partition coefficient (Wildman–Crippen LogP) is 1.27. The molecule has 1 aromatic rings. The summed E-state index contributed by atoms with van der Waals surface area (Å²) < 4.78 is 15.1. The number of carbonyl (C=O) groups excluding carboxylic acids is 1. The number of nitrogens with one attached hydrogen (secondary N) is 1. The summed E-state index contributed by atoms with van der Waals surface area (Å²) in [5, 5.41) is 10.8. The van der Waals surface area contributed by atoms with Gasteiger partial charge in [0, 0.05) is 0 Å². The third-order valence-electron chi connectivity index (χ3n) is 2.28. The molecule has 19 heavy (non-hydrogen) atoms. The lowest BCUT2D eigenvalue weighted by Crippen LogP contribution is -2.40. The fourth-order valence-electron chi connectivity index (χ4n) is 1.28. The fraction of sp³-hybridized carbons (Fsp3) is 0.333. The molecule has 7 nitrogen and oxygen atoms in total. The van der Waals surface area contributed by atoms with Gasteiger partial charge in [-0.2, -0.15) is 0 Å². The summed E-state index contributed by atoms with van der Waals surface area (Å²) in [6.07, 6.45) is -0.905. The summed E-state index contributed by atoms with van der Waals surface area (Å²) in [5.41, 5.74) is 0. The van der Waals surface area contributed by atoms with E-state index in [2.05, 4.69) is 5.32 Å². The van der Waals surface area contributed by atoms with E-state index >= 15 is 0 Å². The van der Waals surface area contributed by atoms with Gasteiger partial charge < -0.3 is 24.6 Å². The highest BCUT2D eigenvalue weighted by Gasteiger charge is 2.19. The third kappa shape index (κ3) is 3.77. The summed E-state index contributed by atoms with van der Waals surface area (Å²) >= 11 is 0. The van der Waals surface area contributed by atoms with Gasteiger partial charge in [0.25, 0.3) is 0 Å². The predicted molar refractivity (Wildman–Crippen MR) is 65.8 cm³/mol. The molecule has 0 aliphatic heterocycles. The van der Waals surface area contributed by atoms with Crippen molar-refractivity contribution >= 4 is 12.1 Å². The minimum Gasteiger partial charge on any atom is -0.493 e. The summed E-state index contributed by atoms with van der Waals surface area (Å²) in [6, 6.07) is 3.79. The molecule has 0 aliphatic carbocycles. The van der Waals surface area contributed by atoms with Crippen molar-refractivity contribution in [2.75, 3.05) is 14.2 Å². The number of para-hydroxylation sites is 1. The Kier molecular flexibility index (Phi) is 4.99. The van der Waals surface area contributed by atoms with E-state index in [-0.39, 0.29) is 5.75 Å². The molecule has 104 valence electrons. The van der Waals surface area contributed by atoms with Gasteiger partial charge in [0.15, 0.2) is 11.5 Å². The van der Waals surface area contributed by atoms with E-state index in [9.17, 15) is 9.59 Å². The van der Waals surface area contributed by atoms with Crippen molar-refractivity contribution in [3.05, 3.63) is 18.2 Å². The van der Waals surface area contributed by atoms with Crippen LogP contribution < -0.4 is 19.5 Å². The number of rotatable bonds is 5. The standard InChI is InChI=1S/C12H15NO6/c1-7(11(14)15)13-12(16)19-10-8(17-2)5-4-6-9(10)18-3/h4-7H,1-3H3,(H,13,16)(H,14,15). The average molecular weight is 269 g/mol. The number of hydrogen-bond donors (Lipinski definition) is 2. The molecule has 0 saturated carbocycles. The maximum atomic E-state index is 11.6. The molecule has 1 amide bonds. The molecule has 0 fully saturated rings. The number of hydrogen-bond acceptors (Lipinski definition) is 5. The van der Waals surface area contributed by atoms with Crippen LogP contribution in [0.5, 0.6) is 17.2 Å². The van der Waals surface area contributed by atoms with Crippen LogP contribution in [0.4, 0.5) is 4.79 Å². The smallest absolute Gasteiger partial charge is 0.413 e. The molecule has 0 aromatic heterocycles. The fourth-order valence-corrected chi connectivity index (χ4v) is 1.28. The number of carboxylic acids is 1. The van der Waals surface area contributed by atoms with E-state index < -0.39 is 18.1 Å². The number of aliphatic carboxylic acids is 1. The van der Waals surface area contributed by atoms with Crippen LogP contribution in [0.25, 0.3) is 0 Å². The van der Waals surface area contributed by atoms with Crippen LogP contribution in [0, 0.1) is 0 Å². The molecular formula is C12H15NO6. The second-order valence-electron chi connectivity index (χ2n) is 3.59. The van der Waals surface area contributed by atoms with Gasteiger partial charge in [-0.05, 0) is 19.1 Å². The van der Waals surface area contributed by atoms with E-state index in [0.717, 1.165) is 0 Å². The second-order valence-corrected chi connectivity index (χ2v) is 3.59. The minimum atomic E-state index is -1.16. The van der Waals surface area contributed by atoms with Crippen LogP contribution in [0.15, 0.2) is 18.2 Å². The van der Waals surface area contributed by atoms with Crippen molar-refractivity contribution in [3.8, 4) is 17.2 Å². The van der Waals surface area contributed by atoms with Crippen molar-refractivity contribution in [1.82, 2.24) is 5.32 Å². The number of carboxylic acid groups (broad SMARTS) is 1. The summed E-state index contributed by atoms with van der Waals surface area (Å²) in [5.74, 6) is -0.471. The lowest BCUT2D eigenvalue weighted by Gasteiger charge is -2.14. The Morgan fingerprint density at radius 1 is 1.21 bits per heavy atom. The lowest BCUT2D eigenvalue weighted by molar-refractivity contribution is -0.138. The zero-order valence-corrected chi connectivity index (χ0v) is 10.8. The van der Waals surface area contributed by atoms with E-state index in [4.69, 9.17) is 19.3 Å². The number of benzene rings is 1. The maximum absolute atomic E-state index is 11.6. The molecule has 2 N–H and O–H groups in total. The molecule has 0 bridgehead atoms. The molecule has 1 aromatic carbocycles. The van der Waals surface area contributed by atoms with Gasteiger partial charge in [-0.15, -0.1) is 0 Å². The second kappa shape index (κ2) is 6.48. The molecule has 0 heterocycles. The largest absolute Gasteiger partial charge is 0.493 e. The first kappa shape index (κ1) is 14.6. The number of ether oxygens (including phenoxy) is 3. The van der Waals surface area contributed by atoms with Crippen molar-refractivity contribution in [3.63, 3.8) is 0 Å². The highest BCUT2D eigenvalue weighted by Crippen LogP contribution is 2.36. The van der Waals surface area contributed by atoms with Crippen LogP contribution in [0.2, 0.25) is 0 Å². The van der Waals surface area contributed by atoms with Crippen molar-refractivity contribution in [1.29, 1.82) is 0 Å². The molecule has 1 unspecified atom stereocenters. The zero-order chi connectivity index (χ0) is 14.4. The molecule has 0 radical (unpaired) electrons. The first-order valence-electron chi connectivity index (χ1n) is 5.41. The number of carbonyl (C=O) groups is 2. The van der Waals surface area contributed by atoms with Gasteiger partial charge in [0.1, 0.15) is 6.04 Å². The molecule has 0 spiro atoms. The molecule has 0 aliphatic rings.